The standard InChI is InChI=1S/C18H22N2O/c19-15-12-16(18(15)9-2-1-3-10-18)21-14-8-4-6-13-7-5-11-20-17(13)14/h4-8,11,15-16H,1-3,9-10,12,19H2. The fraction of sp³-hybridized carbons (Fsp3) is 0.500. The van der Waals surface area contributed by atoms with E-state index in [9.17, 15) is 0 Å². The first-order chi connectivity index (χ1) is 10.3. The van der Waals surface area contributed by atoms with Crippen molar-refractivity contribution in [2.75, 3.05) is 0 Å². The van der Waals surface area contributed by atoms with Gasteiger partial charge in [-0.2, -0.15) is 0 Å². The maximum Gasteiger partial charge on any atom is 0.145 e. The molecule has 3 heteroatoms. The van der Waals surface area contributed by atoms with Crippen molar-refractivity contribution in [3.8, 4) is 5.75 Å². The molecule has 4 rings (SSSR count). The number of rotatable bonds is 2. The molecule has 0 bridgehead atoms. The van der Waals surface area contributed by atoms with E-state index in [1.54, 1.807) is 0 Å². The van der Waals surface area contributed by atoms with E-state index in [0.29, 0.717) is 6.04 Å². The Kier molecular flexibility index (Phi) is 3.11. The second-order valence-corrected chi connectivity index (χ2v) is 6.57. The van der Waals surface area contributed by atoms with Crippen LogP contribution in [0.15, 0.2) is 36.5 Å². The highest BCUT2D eigenvalue weighted by atomic mass is 16.5. The molecule has 2 aliphatic carbocycles. The highest BCUT2D eigenvalue weighted by Gasteiger charge is 2.55. The van der Waals surface area contributed by atoms with Crippen molar-refractivity contribution in [1.29, 1.82) is 0 Å². The summed E-state index contributed by atoms with van der Waals surface area (Å²) in [6.07, 6.45) is 9.44. The number of benzene rings is 1. The Hall–Kier alpha value is -1.61. The van der Waals surface area contributed by atoms with Gasteiger partial charge < -0.3 is 10.5 Å². The predicted molar refractivity (Wildman–Crippen MR) is 84.3 cm³/mol. The van der Waals surface area contributed by atoms with Crippen molar-refractivity contribution >= 4 is 10.9 Å². The molecule has 0 saturated heterocycles. The van der Waals surface area contributed by atoms with E-state index in [1.165, 1.54) is 32.1 Å². The second kappa shape index (κ2) is 4.99. The second-order valence-electron chi connectivity index (χ2n) is 6.57. The van der Waals surface area contributed by atoms with Gasteiger partial charge in [-0.05, 0) is 25.0 Å². The molecule has 1 aromatic carbocycles. The predicted octanol–water partition coefficient (Wildman–Crippen LogP) is 3.66. The molecular weight excluding hydrogens is 260 g/mol. The van der Waals surface area contributed by atoms with Crippen LogP contribution in [0.5, 0.6) is 5.75 Å². The SMILES string of the molecule is NC1CC(Oc2cccc3cccnc23)C12CCCCC2. The van der Waals surface area contributed by atoms with Gasteiger partial charge in [0.05, 0.1) is 0 Å². The van der Waals surface area contributed by atoms with Crippen molar-refractivity contribution < 1.29 is 4.74 Å². The highest BCUT2D eigenvalue weighted by molar-refractivity contribution is 5.84. The summed E-state index contributed by atoms with van der Waals surface area (Å²) in [6.45, 7) is 0. The third-order valence-corrected chi connectivity index (χ3v) is 5.50. The lowest BCUT2D eigenvalue weighted by Crippen LogP contribution is -2.64. The number of hydrogen-bond acceptors (Lipinski definition) is 3. The molecular formula is C18H22N2O. The smallest absolute Gasteiger partial charge is 0.145 e. The van der Waals surface area contributed by atoms with Gasteiger partial charge in [0.25, 0.3) is 0 Å². The number of pyridine rings is 1. The fourth-order valence-corrected chi connectivity index (χ4v) is 4.17. The monoisotopic (exact) mass is 282 g/mol. The Balaban J connectivity index is 1.63. The number of fused-ring (bicyclic) bond motifs is 1. The molecule has 0 radical (unpaired) electrons. The summed E-state index contributed by atoms with van der Waals surface area (Å²) in [7, 11) is 0. The highest BCUT2D eigenvalue weighted by Crippen LogP contribution is 2.52. The lowest BCUT2D eigenvalue weighted by molar-refractivity contribution is -0.0892. The van der Waals surface area contributed by atoms with Gasteiger partial charge in [0.15, 0.2) is 0 Å². The summed E-state index contributed by atoms with van der Waals surface area (Å²) >= 11 is 0. The van der Waals surface area contributed by atoms with Gasteiger partial charge in [-0.3, -0.25) is 4.98 Å². The van der Waals surface area contributed by atoms with E-state index < -0.39 is 0 Å². The van der Waals surface area contributed by atoms with Gasteiger partial charge in [0.1, 0.15) is 17.4 Å². The minimum atomic E-state index is 0.217. The molecule has 0 aliphatic heterocycles. The normalized spacial score (nSPS) is 27.5. The Morgan fingerprint density at radius 2 is 1.90 bits per heavy atom. The molecule has 2 saturated carbocycles. The molecule has 1 spiro atoms. The van der Waals surface area contributed by atoms with Crippen LogP contribution >= 0.6 is 0 Å². The maximum absolute atomic E-state index is 6.38. The van der Waals surface area contributed by atoms with Gasteiger partial charge in [-0.15, -0.1) is 0 Å². The summed E-state index contributed by atoms with van der Waals surface area (Å²) in [4.78, 5) is 4.49. The van der Waals surface area contributed by atoms with Crippen LogP contribution in [0.4, 0.5) is 0 Å². The Morgan fingerprint density at radius 3 is 2.71 bits per heavy atom. The molecule has 2 aliphatic rings. The number of nitrogens with zero attached hydrogens (tertiary/aromatic N) is 1. The van der Waals surface area contributed by atoms with Crippen LogP contribution in [0.2, 0.25) is 0 Å². The first-order valence-corrected chi connectivity index (χ1v) is 8.06. The largest absolute Gasteiger partial charge is 0.487 e. The van der Waals surface area contributed by atoms with Crippen LogP contribution in [0.3, 0.4) is 0 Å². The molecule has 2 unspecified atom stereocenters. The number of aromatic nitrogens is 1. The molecule has 1 heterocycles. The Labute approximate surface area is 125 Å². The van der Waals surface area contributed by atoms with E-state index in [-0.39, 0.29) is 11.5 Å². The minimum absolute atomic E-state index is 0.217. The van der Waals surface area contributed by atoms with Crippen LogP contribution in [-0.4, -0.2) is 17.1 Å². The fourth-order valence-electron chi connectivity index (χ4n) is 4.17. The Morgan fingerprint density at radius 1 is 1.10 bits per heavy atom. The van der Waals surface area contributed by atoms with Crippen LogP contribution in [0.25, 0.3) is 10.9 Å². The zero-order valence-electron chi connectivity index (χ0n) is 12.3. The van der Waals surface area contributed by atoms with E-state index in [2.05, 4.69) is 17.1 Å². The number of para-hydroxylation sites is 1. The molecule has 0 amide bonds. The van der Waals surface area contributed by atoms with Crippen LogP contribution < -0.4 is 10.5 Å². The third-order valence-electron chi connectivity index (χ3n) is 5.50. The zero-order valence-corrected chi connectivity index (χ0v) is 12.3. The number of hydrogen-bond donors (Lipinski definition) is 1. The third kappa shape index (κ3) is 2.03. The van der Waals surface area contributed by atoms with Gasteiger partial charge in [0.2, 0.25) is 0 Å². The van der Waals surface area contributed by atoms with Crippen molar-refractivity contribution in [3.63, 3.8) is 0 Å². The maximum atomic E-state index is 6.38. The lowest BCUT2D eigenvalue weighted by atomic mass is 9.55. The molecule has 21 heavy (non-hydrogen) atoms. The van der Waals surface area contributed by atoms with Crippen molar-refractivity contribution in [2.24, 2.45) is 11.1 Å². The van der Waals surface area contributed by atoms with Crippen molar-refractivity contribution in [1.82, 2.24) is 4.98 Å². The van der Waals surface area contributed by atoms with Gasteiger partial charge >= 0.3 is 0 Å². The average Bonchev–Trinajstić information content (AvgIpc) is 2.55. The van der Waals surface area contributed by atoms with Crippen LogP contribution in [0, 0.1) is 5.41 Å². The van der Waals surface area contributed by atoms with E-state index in [0.717, 1.165) is 23.1 Å². The molecule has 110 valence electrons. The van der Waals surface area contributed by atoms with Crippen LogP contribution in [-0.2, 0) is 0 Å². The van der Waals surface area contributed by atoms with E-state index in [1.807, 2.05) is 24.4 Å². The van der Waals surface area contributed by atoms with Gasteiger partial charge in [0, 0.05) is 29.5 Å². The van der Waals surface area contributed by atoms with Crippen molar-refractivity contribution in [2.45, 2.75) is 50.7 Å². The Bertz CT molecular complexity index is 643. The van der Waals surface area contributed by atoms with E-state index in [4.69, 9.17) is 10.5 Å². The molecule has 3 nitrogen and oxygen atoms in total. The van der Waals surface area contributed by atoms with Crippen LogP contribution in [0.1, 0.15) is 38.5 Å². The molecule has 1 aromatic heterocycles. The number of ether oxygens (including phenoxy) is 1. The van der Waals surface area contributed by atoms with Gasteiger partial charge in [-0.25, -0.2) is 0 Å². The molecule has 2 N–H and O–H groups in total. The molecule has 2 aromatic rings. The van der Waals surface area contributed by atoms with E-state index >= 15 is 0 Å². The summed E-state index contributed by atoms with van der Waals surface area (Å²) < 4.78 is 6.38. The summed E-state index contributed by atoms with van der Waals surface area (Å²) in [6, 6.07) is 10.5. The first-order valence-electron chi connectivity index (χ1n) is 8.06. The molecule has 2 fully saturated rings. The zero-order chi connectivity index (χ0) is 14.3. The van der Waals surface area contributed by atoms with Gasteiger partial charge in [-0.1, -0.05) is 37.5 Å². The summed E-state index contributed by atoms with van der Waals surface area (Å²) in [5.41, 5.74) is 7.53. The van der Waals surface area contributed by atoms with Crippen molar-refractivity contribution in [3.05, 3.63) is 36.5 Å². The first kappa shape index (κ1) is 13.1. The quantitative estimate of drug-likeness (QED) is 0.914. The summed E-state index contributed by atoms with van der Waals surface area (Å²) in [5.74, 6) is 0.912. The molecule has 2 atom stereocenters. The summed E-state index contributed by atoms with van der Waals surface area (Å²) in [5, 5.41) is 1.14. The topological polar surface area (TPSA) is 48.1 Å². The lowest BCUT2D eigenvalue weighted by Gasteiger charge is -2.56. The number of nitrogens with two attached hydrogens (primary N) is 1. The minimum Gasteiger partial charge on any atom is -0.487 e. The average molecular weight is 282 g/mol.